The van der Waals surface area contributed by atoms with Gasteiger partial charge in [0.15, 0.2) is 0 Å². The minimum Gasteiger partial charge on any atom is -0.316 e. The van der Waals surface area contributed by atoms with Gasteiger partial charge in [-0.1, -0.05) is 0 Å². The van der Waals surface area contributed by atoms with Crippen molar-refractivity contribution in [3.05, 3.63) is 0 Å². The highest BCUT2D eigenvalue weighted by Gasteiger charge is 2.14. The highest BCUT2D eigenvalue weighted by atomic mass is 31.1. The van der Waals surface area contributed by atoms with Crippen molar-refractivity contribution in [3.8, 4) is 0 Å². The average Bonchev–Trinajstić information content (AvgIpc) is 1.90. The van der Waals surface area contributed by atoms with E-state index in [0.717, 1.165) is 5.66 Å². The van der Waals surface area contributed by atoms with E-state index in [4.69, 9.17) is 0 Å². The molecule has 1 unspecified atom stereocenters. The number of piperidine rings is 1. The number of hydrogen-bond donors (Lipinski definition) is 1. The van der Waals surface area contributed by atoms with E-state index in [1.807, 2.05) is 0 Å². The standard InChI is InChI=1S/C7H16NP/c1-9(2)7-4-3-5-8-6-7/h7-8H,3-6H2,1-2H3. The van der Waals surface area contributed by atoms with Crippen LogP contribution in [0.5, 0.6) is 0 Å². The van der Waals surface area contributed by atoms with Crippen LogP contribution in [-0.2, 0) is 0 Å². The van der Waals surface area contributed by atoms with Crippen molar-refractivity contribution in [1.29, 1.82) is 0 Å². The van der Waals surface area contributed by atoms with Crippen molar-refractivity contribution in [2.24, 2.45) is 0 Å². The van der Waals surface area contributed by atoms with Crippen LogP contribution in [-0.4, -0.2) is 32.1 Å². The first-order valence-corrected chi connectivity index (χ1v) is 5.98. The molecular formula is C7H16NP. The van der Waals surface area contributed by atoms with Gasteiger partial charge in [0.1, 0.15) is 0 Å². The second-order valence-corrected chi connectivity index (χ2v) is 5.62. The van der Waals surface area contributed by atoms with E-state index in [-0.39, 0.29) is 0 Å². The zero-order valence-electron chi connectivity index (χ0n) is 6.35. The fourth-order valence-corrected chi connectivity index (χ4v) is 2.47. The molecule has 0 aliphatic carbocycles. The predicted molar refractivity (Wildman–Crippen MR) is 44.7 cm³/mol. The number of hydrogen-bond acceptors (Lipinski definition) is 1. The van der Waals surface area contributed by atoms with E-state index in [2.05, 4.69) is 18.6 Å². The lowest BCUT2D eigenvalue weighted by Gasteiger charge is -2.25. The molecule has 1 nitrogen and oxygen atoms in total. The van der Waals surface area contributed by atoms with Crippen LogP contribution in [0.3, 0.4) is 0 Å². The molecule has 1 aliphatic rings. The summed E-state index contributed by atoms with van der Waals surface area (Å²) in [7, 11) is 0.319. The Morgan fingerprint density at radius 2 is 2.22 bits per heavy atom. The lowest BCUT2D eigenvalue weighted by atomic mass is 10.2. The Morgan fingerprint density at radius 1 is 1.44 bits per heavy atom. The third kappa shape index (κ3) is 2.23. The normalized spacial score (nSPS) is 29.0. The molecule has 0 saturated carbocycles. The highest BCUT2D eigenvalue weighted by molar-refractivity contribution is 7.56. The van der Waals surface area contributed by atoms with Crippen LogP contribution in [0.4, 0.5) is 0 Å². The molecule has 1 fully saturated rings. The predicted octanol–water partition coefficient (Wildman–Crippen LogP) is 1.48. The maximum Gasteiger partial charge on any atom is 0.00188 e. The summed E-state index contributed by atoms with van der Waals surface area (Å²) in [6.07, 6.45) is 2.86. The first kappa shape index (κ1) is 7.50. The monoisotopic (exact) mass is 145 g/mol. The van der Waals surface area contributed by atoms with E-state index >= 15 is 0 Å². The van der Waals surface area contributed by atoms with Gasteiger partial charge in [0.25, 0.3) is 0 Å². The molecule has 2 heteroatoms. The third-order valence-electron chi connectivity index (χ3n) is 2.00. The Bertz CT molecular complexity index is 77.0. The SMILES string of the molecule is CP(C)C1CCCNC1. The molecule has 0 aromatic heterocycles. The summed E-state index contributed by atoms with van der Waals surface area (Å²) >= 11 is 0. The lowest BCUT2D eigenvalue weighted by molar-refractivity contribution is 0.527. The van der Waals surface area contributed by atoms with Crippen LogP contribution in [0.25, 0.3) is 0 Å². The second kappa shape index (κ2) is 3.53. The molecule has 1 rings (SSSR count). The molecular weight excluding hydrogens is 129 g/mol. The molecule has 0 spiro atoms. The van der Waals surface area contributed by atoms with Gasteiger partial charge in [-0.05, 0) is 38.4 Å². The average molecular weight is 145 g/mol. The van der Waals surface area contributed by atoms with Crippen molar-refractivity contribution in [2.45, 2.75) is 18.5 Å². The van der Waals surface area contributed by atoms with E-state index in [1.165, 1.54) is 25.9 Å². The van der Waals surface area contributed by atoms with Crippen molar-refractivity contribution in [2.75, 3.05) is 26.4 Å². The minimum absolute atomic E-state index is 0.319. The molecule has 1 atom stereocenters. The van der Waals surface area contributed by atoms with Gasteiger partial charge < -0.3 is 5.32 Å². The Kier molecular flexibility index (Phi) is 2.94. The number of nitrogens with one attached hydrogen (secondary N) is 1. The third-order valence-corrected chi connectivity index (χ3v) is 3.90. The maximum absolute atomic E-state index is 3.43. The van der Waals surface area contributed by atoms with Gasteiger partial charge in [-0.3, -0.25) is 0 Å². The first-order valence-electron chi connectivity index (χ1n) is 3.68. The van der Waals surface area contributed by atoms with E-state index in [9.17, 15) is 0 Å². The molecule has 1 N–H and O–H groups in total. The largest absolute Gasteiger partial charge is 0.316 e. The Balaban J connectivity index is 2.23. The van der Waals surface area contributed by atoms with Crippen molar-refractivity contribution >= 4 is 7.92 Å². The van der Waals surface area contributed by atoms with Crippen molar-refractivity contribution < 1.29 is 0 Å². The first-order chi connectivity index (χ1) is 4.30. The van der Waals surface area contributed by atoms with Gasteiger partial charge >= 0.3 is 0 Å². The van der Waals surface area contributed by atoms with Crippen LogP contribution < -0.4 is 5.32 Å². The fourth-order valence-electron chi connectivity index (χ4n) is 1.27. The quantitative estimate of drug-likeness (QED) is 0.551. The van der Waals surface area contributed by atoms with Crippen LogP contribution >= 0.6 is 7.92 Å². The van der Waals surface area contributed by atoms with Crippen molar-refractivity contribution in [1.82, 2.24) is 5.32 Å². The summed E-state index contributed by atoms with van der Waals surface area (Å²) in [6.45, 7) is 7.29. The highest BCUT2D eigenvalue weighted by Crippen LogP contribution is 2.35. The zero-order chi connectivity index (χ0) is 6.69. The molecule has 1 heterocycles. The zero-order valence-corrected chi connectivity index (χ0v) is 7.25. The van der Waals surface area contributed by atoms with Crippen LogP contribution in [0.2, 0.25) is 0 Å². The molecule has 1 aliphatic heterocycles. The molecule has 0 bridgehead atoms. The molecule has 1 saturated heterocycles. The molecule has 9 heavy (non-hydrogen) atoms. The summed E-state index contributed by atoms with van der Waals surface area (Å²) in [5.41, 5.74) is 1.01. The maximum atomic E-state index is 3.43. The Morgan fingerprint density at radius 3 is 2.56 bits per heavy atom. The minimum atomic E-state index is 0.319. The van der Waals surface area contributed by atoms with E-state index < -0.39 is 0 Å². The molecule has 54 valence electrons. The van der Waals surface area contributed by atoms with Gasteiger partial charge in [-0.2, -0.15) is 0 Å². The summed E-state index contributed by atoms with van der Waals surface area (Å²) in [4.78, 5) is 0. The topological polar surface area (TPSA) is 12.0 Å². The summed E-state index contributed by atoms with van der Waals surface area (Å²) in [6, 6.07) is 0. The summed E-state index contributed by atoms with van der Waals surface area (Å²) < 4.78 is 0. The molecule has 0 radical (unpaired) electrons. The summed E-state index contributed by atoms with van der Waals surface area (Å²) in [5.74, 6) is 0. The Labute approximate surface area is 59.0 Å². The van der Waals surface area contributed by atoms with Gasteiger partial charge in [-0.15, -0.1) is 7.92 Å². The van der Waals surface area contributed by atoms with Gasteiger partial charge in [0, 0.05) is 6.54 Å². The fraction of sp³-hybridized carbons (Fsp3) is 1.00. The van der Waals surface area contributed by atoms with Crippen LogP contribution in [0, 0.1) is 0 Å². The molecule has 0 aromatic rings. The van der Waals surface area contributed by atoms with Crippen LogP contribution in [0.1, 0.15) is 12.8 Å². The van der Waals surface area contributed by atoms with Crippen LogP contribution in [0.15, 0.2) is 0 Å². The lowest BCUT2D eigenvalue weighted by Crippen LogP contribution is -2.32. The van der Waals surface area contributed by atoms with E-state index in [1.54, 1.807) is 0 Å². The number of rotatable bonds is 1. The van der Waals surface area contributed by atoms with Gasteiger partial charge in [0.05, 0.1) is 0 Å². The van der Waals surface area contributed by atoms with Gasteiger partial charge in [0.2, 0.25) is 0 Å². The van der Waals surface area contributed by atoms with Crippen molar-refractivity contribution in [3.63, 3.8) is 0 Å². The summed E-state index contributed by atoms with van der Waals surface area (Å²) in [5, 5.41) is 3.43. The van der Waals surface area contributed by atoms with E-state index in [0.29, 0.717) is 7.92 Å². The smallest absolute Gasteiger partial charge is 0.00188 e. The second-order valence-electron chi connectivity index (χ2n) is 2.96. The molecule has 0 amide bonds. The van der Waals surface area contributed by atoms with Gasteiger partial charge in [-0.25, -0.2) is 0 Å². The Hall–Kier alpha value is 0.390. The molecule has 0 aromatic carbocycles.